The van der Waals surface area contributed by atoms with Gasteiger partial charge in [-0.2, -0.15) is 23.3 Å². The zero-order valence-corrected chi connectivity index (χ0v) is 13.7. The van der Waals surface area contributed by atoms with Crippen LogP contribution >= 0.6 is 0 Å². The predicted molar refractivity (Wildman–Crippen MR) is 87.6 cm³/mol. The van der Waals surface area contributed by atoms with Gasteiger partial charge in [0.25, 0.3) is 11.6 Å². The van der Waals surface area contributed by atoms with Crippen LogP contribution in [0.3, 0.4) is 0 Å². The molecule has 0 spiro atoms. The highest BCUT2D eigenvalue weighted by atomic mass is 19.4. The second-order valence-electron chi connectivity index (χ2n) is 5.99. The third-order valence-electron chi connectivity index (χ3n) is 4.21. The molecule has 1 unspecified atom stereocenters. The normalized spacial score (nSPS) is 20.2. The molecular weight excluding hydrogens is 349 g/mol. The second-order valence-corrected chi connectivity index (χ2v) is 5.99. The fraction of sp³-hybridized carbons (Fsp3) is 0.222. The van der Waals surface area contributed by atoms with Gasteiger partial charge in [0.1, 0.15) is 5.75 Å². The quantitative estimate of drug-likeness (QED) is 0.860. The highest BCUT2D eigenvalue weighted by Crippen LogP contribution is 2.42. The third kappa shape index (κ3) is 2.82. The Kier molecular flexibility index (Phi) is 4.23. The summed E-state index contributed by atoms with van der Waals surface area (Å²) in [4.78, 5) is 12.7. The number of alkyl halides is 3. The lowest BCUT2D eigenvalue weighted by molar-refractivity contribution is -0.297. The molecule has 3 rings (SSSR count). The van der Waals surface area contributed by atoms with Crippen molar-refractivity contribution >= 4 is 11.6 Å². The Morgan fingerprint density at radius 2 is 1.81 bits per heavy atom. The largest absolute Gasteiger partial charge is 0.507 e. The van der Waals surface area contributed by atoms with Crippen LogP contribution in [0.25, 0.3) is 0 Å². The van der Waals surface area contributed by atoms with Crippen LogP contribution in [0.5, 0.6) is 5.75 Å². The van der Waals surface area contributed by atoms with Gasteiger partial charge in [0.15, 0.2) is 0 Å². The highest BCUT2D eigenvalue weighted by molar-refractivity contribution is 6.06. The van der Waals surface area contributed by atoms with E-state index in [2.05, 4.69) is 5.10 Å². The van der Waals surface area contributed by atoms with Crippen LogP contribution in [0.2, 0.25) is 0 Å². The lowest BCUT2D eigenvalue weighted by Gasteiger charge is -2.32. The van der Waals surface area contributed by atoms with Gasteiger partial charge >= 0.3 is 6.18 Å². The van der Waals surface area contributed by atoms with Crippen LogP contribution in [0, 0.1) is 6.92 Å². The number of halogens is 3. The number of amides is 1. The van der Waals surface area contributed by atoms with E-state index in [1.54, 1.807) is 18.2 Å². The summed E-state index contributed by atoms with van der Waals surface area (Å²) < 4.78 is 40.7. The Hall–Kier alpha value is -2.87. The maximum Gasteiger partial charge on any atom is 0.438 e. The van der Waals surface area contributed by atoms with E-state index in [9.17, 15) is 28.2 Å². The summed E-state index contributed by atoms with van der Waals surface area (Å²) in [6.07, 6.45) is -6.04. The molecule has 136 valence electrons. The van der Waals surface area contributed by atoms with Crippen LogP contribution in [0.15, 0.2) is 53.6 Å². The molecule has 8 heteroatoms. The Labute approximate surface area is 147 Å². The van der Waals surface area contributed by atoms with Crippen LogP contribution < -0.4 is 0 Å². The molecule has 0 saturated heterocycles. The number of hydrogen-bond donors (Lipinski definition) is 2. The molecule has 0 fully saturated rings. The molecule has 0 bridgehead atoms. The van der Waals surface area contributed by atoms with E-state index in [-0.39, 0.29) is 16.3 Å². The summed E-state index contributed by atoms with van der Waals surface area (Å²) >= 11 is 0. The maximum atomic E-state index is 13.6. The molecule has 2 aromatic carbocycles. The third-order valence-corrected chi connectivity index (χ3v) is 4.21. The van der Waals surface area contributed by atoms with E-state index in [0.717, 1.165) is 0 Å². The zero-order valence-electron chi connectivity index (χ0n) is 13.7. The number of aromatic hydroxyl groups is 1. The van der Waals surface area contributed by atoms with Gasteiger partial charge in [-0.15, -0.1) is 0 Å². The van der Waals surface area contributed by atoms with Crippen LogP contribution in [0.4, 0.5) is 13.2 Å². The standard InChI is InChI=1S/C18H15F3N2O3/c1-11-6-5-9-13(15(11)24)16(25)23-17(26,18(19,20)21)10-14(22-23)12-7-3-2-4-8-12/h2-9,24,26H,10H2,1H3. The van der Waals surface area contributed by atoms with Gasteiger partial charge in [0.2, 0.25) is 0 Å². The summed E-state index contributed by atoms with van der Waals surface area (Å²) in [5.74, 6) is -1.69. The van der Waals surface area contributed by atoms with Crippen molar-refractivity contribution in [3.8, 4) is 5.75 Å². The van der Waals surface area contributed by atoms with E-state index < -0.39 is 30.0 Å². The zero-order chi connectivity index (χ0) is 19.1. The molecule has 26 heavy (non-hydrogen) atoms. The molecule has 5 nitrogen and oxygen atoms in total. The summed E-state index contributed by atoms with van der Waals surface area (Å²) in [5.41, 5.74) is -3.26. The number of carbonyl (C=O) groups excluding carboxylic acids is 1. The van der Waals surface area contributed by atoms with Crippen LogP contribution in [0.1, 0.15) is 27.9 Å². The predicted octanol–water partition coefficient (Wildman–Crippen LogP) is 3.20. The number of carbonyl (C=O) groups is 1. The first-order chi connectivity index (χ1) is 12.1. The number of nitrogens with zero attached hydrogens (tertiary/aromatic N) is 2. The van der Waals surface area contributed by atoms with Gasteiger partial charge in [-0.05, 0) is 24.1 Å². The van der Waals surface area contributed by atoms with Crippen molar-refractivity contribution in [2.45, 2.75) is 25.2 Å². The number of phenolic OH excluding ortho intramolecular Hbond substituents is 1. The van der Waals surface area contributed by atoms with Crippen molar-refractivity contribution < 1.29 is 28.2 Å². The Bertz CT molecular complexity index is 881. The van der Waals surface area contributed by atoms with E-state index in [1.807, 2.05) is 0 Å². The average Bonchev–Trinajstić information content (AvgIpc) is 2.96. The summed E-state index contributed by atoms with van der Waals surface area (Å²) in [6, 6.07) is 12.1. The molecule has 0 aliphatic carbocycles. The number of aliphatic hydroxyl groups is 1. The van der Waals surface area contributed by atoms with E-state index in [1.165, 1.54) is 37.3 Å². The molecule has 2 N–H and O–H groups in total. The average molecular weight is 364 g/mol. The molecule has 0 saturated carbocycles. The monoisotopic (exact) mass is 364 g/mol. The van der Waals surface area contributed by atoms with Crippen molar-refractivity contribution in [1.82, 2.24) is 5.01 Å². The summed E-state index contributed by atoms with van der Waals surface area (Å²) in [6.45, 7) is 1.50. The maximum absolute atomic E-state index is 13.6. The number of hydrazone groups is 1. The van der Waals surface area contributed by atoms with Crippen molar-refractivity contribution in [1.29, 1.82) is 0 Å². The van der Waals surface area contributed by atoms with Crippen molar-refractivity contribution in [3.05, 3.63) is 65.2 Å². The SMILES string of the molecule is Cc1cccc(C(=O)N2N=C(c3ccccc3)CC2(O)C(F)(F)F)c1O. The molecular formula is C18H15F3N2O3. The highest BCUT2D eigenvalue weighted by Gasteiger charge is 2.63. The Balaban J connectivity index is 2.09. The molecule has 1 amide bonds. The summed E-state index contributed by atoms with van der Waals surface area (Å²) in [5, 5.41) is 24.1. The smallest absolute Gasteiger partial charge is 0.438 e. The van der Waals surface area contributed by atoms with Gasteiger partial charge < -0.3 is 10.2 Å². The van der Waals surface area contributed by atoms with Crippen molar-refractivity contribution in [2.75, 3.05) is 0 Å². The number of hydrogen-bond acceptors (Lipinski definition) is 4. The molecule has 0 aromatic heterocycles. The van der Waals surface area contributed by atoms with Crippen LogP contribution in [-0.4, -0.2) is 38.7 Å². The van der Waals surface area contributed by atoms with Gasteiger partial charge in [-0.1, -0.05) is 42.5 Å². The van der Waals surface area contributed by atoms with E-state index >= 15 is 0 Å². The van der Waals surface area contributed by atoms with E-state index in [0.29, 0.717) is 11.1 Å². The molecule has 2 aromatic rings. The first kappa shape index (κ1) is 17.9. The molecule has 1 atom stereocenters. The first-order valence-electron chi connectivity index (χ1n) is 7.70. The minimum absolute atomic E-state index is 0.00380. The van der Waals surface area contributed by atoms with E-state index in [4.69, 9.17) is 0 Å². The molecule has 1 aliphatic rings. The Morgan fingerprint density at radius 1 is 1.15 bits per heavy atom. The second kappa shape index (κ2) is 6.14. The van der Waals surface area contributed by atoms with Crippen molar-refractivity contribution in [2.24, 2.45) is 5.10 Å². The van der Waals surface area contributed by atoms with Gasteiger partial charge in [-0.25, -0.2) is 0 Å². The minimum Gasteiger partial charge on any atom is -0.507 e. The molecule has 1 heterocycles. The van der Waals surface area contributed by atoms with Gasteiger partial charge in [-0.3, -0.25) is 4.79 Å². The number of phenols is 1. The molecule has 0 radical (unpaired) electrons. The van der Waals surface area contributed by atoms with Crippen LogP contribution in [-0.2, 0) is 0 Å². The number of benzene rings is 2. The molecule has 1 aliphatic heterocycles. The number of aryl methyl sites for hydroxylation is 1. The number of rotatable bonds is 2. The minimum atomic E-state index is -5.14. The Morgan fingerprint density at radius 3 is 2.42 bits per heavy atom. The lowest BCUT2D eigenvalue weighted by atomic mass is 10.0. The first-order valence-corrected chi connectivity index (χ1v) is 7.70. The fourth-order valence-electron chi connectivity index (χ4n) is 2.72. The van der Waals surface area contributed by atoms with Gasteiger partial charge in [0.05, 0.1) is 17.7 Å². The topological polar surface area (TPSA) is 73.1 Å². The lowest BCUT2D eigenvalue weighted by Crippen LogP contribution is -2.56. The summed E-state index contributed by atoms with van der Waals surface area (Å²) in [7, 11) is 0. The fourth-order valence-corrected chi connectivity index (χ4v) is 2.72. The van der Waals surface area contributed by atoms with Gasteiger partial charge in [0, 0.05) is 0 Å². The number of para-hydroxylation sites is 1. The van der Waals surface area contributed by atoms with Crippen molar-refractivity contribution in [3.63, 3.8) is 0 Å².